The molecule has 1 aliphatic rings. The maximum atomic E-state index is 9.39. The average Bonchev–Trinajstić information content (AvgIpc) is 3.00. The summed E-state index contributed by atoms with van der Waals surface area (Å²) in [5.74, 6) is 0.490. The molecule has 1 aromatic carbocycles. The Bertz CT molecular complexity index is 666. The van der Waals surface area contributed by atoms with Gasteiger partial charge < -0.3 is 10.6 Å². The fraction of sp³-hybridized carbons (Fsp3) is 0.250. The summed E-state index contributed by atoms with van der Waals surface area (Å²) in [7, 11) is 0. The first-order valence-corrected chi connectivity index (χ1v) is 6.79. The van der Waals surface area contributed by atoms with Crippen molar-refractivity contribution in [3.05, 3.63) is 42.1 Å². The fourth-order valence-corrected chi connectivity index (χ4v) is 2.67. The number of anilines is 2. The van der Waals surface area contributed by atoms with Crippen molar-refractivity contribution in [3.8, 4) is 17.2 Å². The van der Waals surface area contributed by atoms with Crippen molar-refractivity contribution in [1.82, 2.24) is 4.98 Å². The van der Waals surface area contributed by atoms with E-state index in [1.165, 1.54) is 12.8 Å². The molecule has 2 heterocycles. The molecule has 1 aliphatic heterocycles. The molecule has 1 saturated heterocycles. The summed E-state index contributed by atoms with van der Waals surface area (Å²) in [4.78, 5) is 6.27. The summed E-state index contributed by atoms with van der Waals surface area (Å²) in [6.45, 7) is 2.08. The van der Waals surface area contributed by atoms with Crippen molar-refractivity contribution in [2.75, 3.05) is 23.7 Å². The van der Waals surface area contributed by atoms with Crippen LogP contribution in [0.5, 0.6) is 0 Å². The number of aromatic nitrogens is 1. The van der Waals surface area contributed by atoms with E-state index in [0.717, 1.165) is 35.5 Å². The molecule has 3 rings (SSSR count). The van der Waals surface area contributed by atoms with Gasteiger partial charge in [0.15, 0.2) is 0 Å². The Labute approximate surface area is 118 Å². The molecule has 0 spiro atoms. The van der Waals surface area contributed by atoms with Crippen LogP contribution in [-0.4, -0.2) is 18.1 Å². The lowest BCUT2D eigenvalue weighted by Gasteiger charge is -2.19. The monoisotopic (exact) mass is 264 g/mol. The Kier molecular flexibility index (Phi) is 3.26. The molecule has 2 N–H and O–H groups in total. The van der Waals surface area contributed by atoms with Crippen LogP contribution < -0.4 is 10.6 Å². The van der Waals surface area contributed by atoms with Gasteiger partial charge in [-0.05, 0) is 48.2 Å². The van der Waals surface area contributed by atoms with E-state index in [0.29, 0.717) is 5.82 Å². The van der Waals surface area contributed by atoms with Crippen LogP contribution in [0.4, 0.5) is 11.5 Å². The van der Waals surface area contributed by atoms with Gasteiger partial charge in [-0.3, -0.25) is 0 Å². The summed E-state index contributed by atoms with van der Waals surface area (Å²) in [5, 5.41) is 9.39. The normalized spacial score (nSPS) is 14.2. The van der Waals surface area contributed by atoms with Gasteiger partial charge in [-0.25, -0.2) is 4.98 Å². The van der Waals surface area contributed by atoms with Gasteiger partial charge in [0.05, 0.1) is 11.3 Å². The molecule has 1 aromatic heterocycles. The van der Waals surface area contributed by atoms with E-state index < -0.39 is 0 Å². The van der Waals surface area contributed by atoms with E-state index >= 15 is 0 Å². The van der Waals surface area contributed by atoms with Crippen LogP contribution in [0.3, 0.4) is 0 Å². The van der Waals surface area contributed by atoms with E-state index in [2.05, 4.69) is 16.0 Å². The quantitative estimate of drug-likeness (QED) is 0.905. The van der Waals surface area contributed by atoms with E-state index in [1.54, 1.807) is 6.20 Å². The third kappa shape index (κ3) is 2.30. The molecule has 1 fully saturated rings. The summed E-state index contributed by atoms with van der Waals surface area (Å²) < 4.78 is 0. The minimum absolute atomic E-state index is 0.490. The molecule has 4 nitrogen and oxygen atoms in total. The van der Waals surface area contributed by atoms with Crippen LogP contribution in [0.2, 0.25) is 0 Å². The van der Waals surface area contributed by atoms with Gasteiger partial charge in [-0.1, -0.05) is 6.07 Å². The number of hydrogen-bond acceptors (Lipinski definition) is 4. The highest BCUT2D eigenvalue weighted by atomic mass is 15.1. The maximum Gasteiger partial charge on any atom is 0.123 e. The SMILES string of the molecule is N#Cc1cc(-c2ccnc(N)c2)ccc1N1CCCC1. The summed E-state index contributed by atoms with van der Waals surface area (Å²) >= 11 is 0. The molecule has 0 amide bonds. The number of rotatable bonds is 2. The number of hydrogen-bond donors (Lipinski definition) is 1. The third-order valence-electron chi connectivity index (χ3n) is 3.68. The number of benzene rings is 1. The van der Waals surface area contributed by atoms with Crippen molar-refractivity contribution < 1.29 is 0 Å². The van der Waals surface area contributed by atoms with Crippen LogP contribution >= 0.6 is 0 Å². The van der Waals surface area contributed by atoms with Gasteiger partial charge in [-0.2, -0.15) is 5.26 Å². The first-order chi connectivity index (χ1) is 9.78. The molecular formula is C16H16N4. The summed E-state index contributed by atoms with van der Waals surface area (Å²) in [5.41, 5.74) is 9.46. The molecule has 0 unspecified atom stereocenters. The number of nitrogens with zero attached hydrogens (tertiary/aromatic N) is 3. The van der Waals surface area contributed by atoms with Crippen molar-refractivity contribution >= 4 is 11.5 Å². The van der Waals surface area contributed by atoms with Crippen LogP contribution in [-0.2, 0) is 0 Å². The standard InChI is InChI=1S/C16H16N4/c17-11-14-9-12(13-5-6-19-16(18)10-13)3-4-15(14)20-7-1-2-8-20/h3-6,9-10H,1-2,7-8H2,(H2,18,19). The highest BCUT2D eigenvalue weighted by molar-refractivity contribution is 5.72. The molecule has 2 aromatic rings. The molecule has 0 aliphatic carbocycles. The molecule has 20 heavy (non-hydrogen) atoms. The van der Waals surface area contributed by atoms with Crippen molar-refractivity contribution in [3.63, 3.8) is 0 Å². The number of nitrogen functional groups attached to an aromatic ring is 1. The van der Waals surface area contributed by atoms with Gasteiger partial charge in [0, 0.05) is 19.3 Å². The predicted molar refractivity (Wildman–Crippen MR) is 80.2 cm³/mol. The van der Waals surface area contributed by atoms with Gasteiger partial charge in [0.2, 0.25) is 0 Å². The highest BCUT2D eigenvalue weighted by Gasteiger charge is 2.16. The lowest BCUT2D eigenvalue weighted by molar-refractivity contribution is 0.949. The molecule has 4 heteroatoms. The van der Waals surface area contributed by atoms with Crippen molar-refractivity contribution in [1.29, 1.82) is 5.26 Å². The van der Waals surface area contributed by atoms with E-state index in [9.17, 15) is 5.26 Å². The largest absolute Gasteiger partial charge is 0.384 e. The fourth-order valence-electron chi connectivity index (χ4n) is 2.67. The lowest BCUT2D eigenvalue weighted by atomic mass is 10.0. The van der Waals surface area contributed by atoms with Crippen LogP contribution in [0, 0.1) is 11.3 Å². The molecule has 0 bridgehead atoms. The Hall–Kier alpha value is -2.54. The summed E-state index contributed by atoms with van der Waals surface area (Å²) in [6, 6.07) is 12.1. The Morgan fingerprint density at radius 2 is 1.85 bits per heavy atom. The average molecular weight is 264 g/mol. The summed E-state index contributed by atoms with van der Waals surface area (Å²) in [6.07, 6.45) is 4.09. The van der Waals surface area contributed by atoms with Gasteiger partial charge in [0.25, 0.3) is 0 Å². The second kappa shape index (κ2) is 5.22. The number of pyridine rings is 1. The first kappa shape index (κ1) is 12.5. The molecule has 0 radical (unpaired) electrons. The second-order valence-electron chi connectivity index (χ2n) is 5.01. The number of nitrogens with two attached hydrogens (primary N) is 1. The molecule has 100 valence electrons. The van der Waals surface area contributed by atoms with E-state index in [1.807, 2.05) is 30.3 Å². The zero-order valence-electron chi connectivity index (χ0n) is 11.2. The number of nitriles is 1. The van der Waals surface area contributed by atoms with Gasteiger partial charge in [-0.15, -0.1) is 0 Å². The smallest absolute Gasteiger partial charge is 0.123 e. The zero-order valence-corrected chi connectivity index (χ0v) is 11.2. The van der Waals surface area contributed by atoms with Crippen LogP contribution in [0.1, 0.15) is 18.4 Å². The molecular weight excluding hydrogens is 248 g/mol. The van der Waals surface area contributed by atoms with Crippen LogP contribution in [0.25, 0.3) is 11.1 Å². The Morgan fingerprint density at radius 1 is 1.10 bits per heavy atom. The zero-order chi connectivity index (χ0) is 13.9. The van der Waals surface area contributed by atoms with Crippen molar-refractivity contribution in [2.24, 2.45) is 0 Å². The maximum absolute atomic E-state index is 9.39. The van der Waals surface area contributed by atoms with Crippen molar-refractivity contribution in [2.45, 2.75) is 12.8 Å². The molecule has 0 atom stereocenters. The minimum Gasteiger partial charge on any atom is -0.384 e. The lowest BCUT2D eigenvalue weighted by Crippen LogP contribution is -2.18. The van der Waals surface area contributed by atoms with E-state index in [-0.39, 0.29) is 0 Å². The van der Waals surface area contributed by atoms with E-state index in [4.69, 9.17) is 5.73 Å². The highest BCUT2D eigenvalue weighted by Crippen LogP contribution is 2.29. The Balaban J connectivity index is 2.01. The first-order valence-electron chi connectivity index (χ1n) is 6.79. The minimum atomic E-state index is 0.490. The van der Waals surface area contributed by atoms with Gasteiger partial charge in [0.1, 0.15) is 11.9 Å². The topological polar surface area (TPSA) is 65.9 Å². The Morgan fingerprint density at radius 3 is 2.55 bits per heavy atom. The second-order valence-corrected chi connectivity index (χ2v) is 5.01. The predicted octanol–water partition coefficient (Wildman–Crippen LogP) is 2.80. The van der Waals surface area contributed by atoms with Gasteiger partial charge >= 0.3 is 0 Å². The third-order valence-corrected chi connectivity index (χ3v) is 3.68. The van der Waals surface area contributed by atoms with Crippen LogP contribution in [0.15, 0.2) is 36.5 Å². The molecule has 0 saturated carbocycles.